The van der Waals surface area contributed by atoms with E-state index in [1.807, 2.05) is 149 Å². The van der Waals surface area contributed by atoms with Crippen LogP contribution in [0.1, 0.15) is 126 Å². The van der Waals surface area contributed by atoms with Gasteiger partial charge in [-0.15, -0.1) is 0 Å². The van der Waals surface area contributed by atoms with Crippen molar-refractivity contribution in [1.82, 2.24) is 30.3 Å². The van der Waals surface area contributed by atoms with E-state index in [0.717, 1.165) is 89.7 Å². The van der Waals surface area contributed by atoms with Crippen molar-refractivity contribution in [3.05, 3.63) is 170 Å². The van der Waals surface area contributed by atoms with Crippen LogP contribution in [0.25, 0.3) is 22.5 Å². The predicted molar refractivity (Wildman–Crippen MR) is 513 cm³/mol. The number of nitrogens with zero attached hydrogens (tertiary/aromatic N) is 10. The van der Waals surface area contributed by atoms with Crippen LogP contribution in [0.2, 0.25) is 20.1 Å². The summed E-state index contributed by atoms with van der Waals surface area (Å²) in [5.74, 6) is 0.220. The van der Waals surface area contributed by atoms with E-state index in [-0.39, 0.29) is 59.9 Å². The molecule has 29 nitrogen and oxygen atoms in total. The number of nitrogens with two attached hydrogens (primary N) is 2. The van der Waals surface area contributed by atoms with E-state index in [2.05, 4.69) is 108 Å². The third-order valence-corrected chi connectivity index (χ3v) is 22.0. The topological polar surface area (TPSA) is 346 Å². The number of halogens is 10. The van der Waals surface area contributed by atoms with Gasteiger partial charge in [0.1, 0.15) is 67.9 Å². The summed E-state index contributed by atoms with van der Waals surface area (Å²) in [5.41, 5.74) is 19.1. The van der Waals surface area contributed by atoms with Crippen LogP contribution in [-0.2, 0) is 46.2 Å². The van der Waals surface area contributed by atoms with Crippen LogP contribution in [0.3, 0.4) is 0 Å². The normalized spacial score (nSPS) is 14.1. The minimum absolute atomic E-state index is 0.0644. The number of rotatable bonds is 14. The maximum atomic E-state index is 13.4. The van der Waals surface area contributed by atoms with Gasteiger partial charge in [-0.25, -0.2) is 14.4 Å². The molecule has 41 heteroatoms. The monoisotopic (exact) mass is 2080 g/mol. The summed E-state index contributed by atoms with van der Waals surface area (Å²) in [4.78, 5) is 95.9. The third-order valence-electron chi connectivity index (χ3n) is 18.7. The van der Waals surface area contributed by atoms with Gasteiger partial charge in [0.05, 0.1) is 69.9 Å². The van der Waals surface area contributed by atoms with E-state index in [0.29, 0.717) is 133 Å². The number of carboxylic acid groups (broad SMARTS) is 1. The molecule has 129 heavy (non-hydrogen) atoms. The number of thiol groups is 1. The molecular weight excluding hydrogens is 1980 g/mol. The third kappa shape index (κ3) is 34.5. The van der Waals surface area contributed by atoms with Gasteiger partial charge in [0.15, 0.2) is 0 Å². The number of aromatic nitrogens is 2. The Bertz CT molecular complexity index is 5160. The number of alkyl halides is 3. The predicted octanol–water partition coefficient (Wildman–Crippen LogP) is 19.3. The molecule has 4 aliphatic rings. The number of carboxylic acids is 1. The summed E-state index contributed by atoms with van der Waals surface area (Å²) >= 11 is 38.9. The van der Waals surface area contributed by atoms with Crippen LogP contribution >= 0.6 is 107 Å². The number of hydrogen-bond donors (Lipinski definition) is 5. The van der Waals surface area contributed by atoms with Gasteiger partial charge in [-0.05, 0) is 213 Å². The second-order valence-corrected chi connectivity index (χ2v) is 37.6. The molecule has 6 N–H and O–H groups in total. The molecule has 0 saturated carbocycles. The summed E-state index contributed by atoms with van der Waals surface area (Å²) in [6, 6.07) is 31.2. The standard InChI is InChI=1S/C22H22BrClN4O3.C21H30BrClN2O4.C21H31ClN2O4.C12H11NO4.C10H13BrClN3.C2HF3O.BHNS/c1-13-20(21(26-31-13)14-5-3-4-6-19(14)30-2)22(29)28-9-7-27(8-10-28)18-12-17(25)15(23)11-16(18)24;1-20(2,3)28-18(26)12-14-11-17(16(23)13-15(14)22)24-7-9-25(10-8-24)19(27)29-21(4,5)6;1-20(2,3)27-18(25)14-15-7-8-16(22)17(13-15)23-9-11-24(12-10-23)19(26)28-21(4,5)6;1-7-10(12(14)15)11(13-17-7)8-5-3-4-6-9(8)16-2;11-7-5-8(12)10(6-9(7)13)15-3-1-14-2-4-15;3-2(4,5)1-6;1-2-3/h3-6,11-12H,7-10,25H2,1-2H3;11,13H,7-10,12H2,1-6H3;7-8,13H,9-12,14H2,1-6H3;3-6H,1-2H3,(H,14,15);5-6,14H,1-4,13H2;1H;3H. The molecule has 6 aromatic carbocycles. The van der Waals surface area contributed by atoms with Crippen LogP contribution in [0.4, 0.5) is 56.9 Å². The Morgan fingerprint density at radius 1 is 0.512 bits per heavy atom. The first kappa shape index (κ1) is 109. The number of aryl methyl sites for hydroxylation is 2. The van der Waals surface area contributed by atoms with Crippen molar-refractivity contribution in [2.45, 2.75) is 138 Å². The molecule has 8 aromatic rings. The Hall–Kier alpha value is -9.21. The van der Waals surface area contributed by atoms with E-state index in [1.54, 1.807) is 73.2 Å². The molecule has 0 aliphatic carbocycles. The fraction of sp³-hybridized carbons (Fsp3) is 0.443. The zero-order chi connectivity index (χ0) is 96.4. The number of aldehydes is 1. The summed E-state index contributed by atoms with van der Waals surface area (Å²) in [6.45, 7) is 36.6. The number of esters is 2. The minimum atomic E-state index is -4.64. The zero-order valence-electron chi connectivity index (χ0n) is 74.6. The molecular formula is C88H109BBr3Cl4F3N13O16S. The van der Waals surface area contributed by atoms with Gasteiger partial charge in [-0.1, -0.05) is 103 Å². The number of carbonyl (C=O) groups is 7. The first-order valence-corrected chi connectivity index (χ1v) is 44.7. The van der Waals surface area contributed by atoms with Crippen molar-refractivity contribution in [2.75, 3.05) is 150 Å². The van der Waals surface area contributed by atoms with Gasteiger partial charge in [-0.2, -0.15) is 13.2 Å². The van der Waals surface area contributed by atoms with E-state index < -0.39 is 40.8 Å². The van der Waals surface area contributed by atoms with Crippen LogP contribution < -0.4 is 45.9 Å². The van der Waals surface area contributed by atoms with Crippen molar-refractivity contribution in [1.29, 1.82) is 0 Å². The number of piperazine rings is 4. The number of para-hydroxylation sites is 2. The number of anilines is 6. The summed E-state index contributed by atoms with van der Waals surface area (Å²) in [5, 5.41) is 22.9. The number of amides is 3. The zero-order valence-corrected chi connectivity index (χ0v) is 83.3. The first-order valence-electron chi connectivity index (χ1n) is 40.4. The first-order chi connectivity index (χ1) is 60.3. The van der Waals surface area contributed by atoms with E-state index >= 15 is 0 Å². The molecule has 0 atom stereocenters. The average Bonchev–Trinajstić information content (AvgIpc) is 1.69. The number of nitrogen functional groups attached to an aromatic ring is 2. The van der Waals surface area contributed by atoms with E-state index in [9.17, 15) is 41.9 Å². The molecule has 701 valence electrons. The number of nitrogens with one attached hydrogen (secondary N) is 1. The Labute approximate surface area is 801 Å². The van der Waals surface area contributed by atoms with Crippen molar-refractivity contribution in [3.8, 4) is 34.0 Å². The second-order valence-electron chi connectivity index (χ2n) is 33.2. The van der Waals surface area contributed by atoms with Crippen LogP contribution in [0, 0.1) is 13.8 Å². The van der Waals surface area contributed by atoms with Gasteiger partial charge in [0.25, 0.3) is 5.91 Å². The molecule has 0 spiro atoms. The SMILES string of the molecule is CC(C)(C)OC(=O)Cc1cc(N2CCN(C(=O)OC(C)(C)C)CC2)c(Cl)cc1Br.CC(C)(C)OC(=O)Cc1ccc(Cl)c(N2CCN(C(=O)OC(C)(C)C)CC2)c1.COc1ccccc1-c1noc(C)c1C(=O)N1CCN(c2cc(N)c(Br)cc2Cl)CC1.COc1ccccc1-c1noc(C)c1C(=O)O.Nc1cc(N2CCNCC2)c(Cl)cc1Br.O=CC(F)(F)F.[B]=NS. The molecule has 4 saturated heterocycles. The van der Waals surface area contributed by atoms with Gasteiger partial charge in [0.2, 0.25) is 6.29 Å². The van der Waals surface area contributed by atoms with Gasteiger partial charge >= 0.3 is 61.0 Å². The van der Waals surface area contributed by atoms with Crippen molar-refractivity contribution in [3.63, 3.8) is 0 Å². The second kappa shape index (κ2) is 49.3. The molecule has 1 radical (unpaired) electrons. The fourth-order valence-corrected chi connectivity index (χ4v) is 15.6. The van der Waals surface area contributed by atoms with Crippen LogP contribution in [-0.4, -0.2) is 228 Å². The number of hydrogen-bond acceptors (Lipinski definition) is 26. The Kier molecular flexibility index (Phi) is 41.5. The quantitative estimate of drug-likeness (QED) is 0.0169. The van der Waals surface area contributed by atoms with Crippen molar-refractivity contribution >= 4 is 191 Å². The molecule has 0 bridgehead atoms. The molecule has 0 unspecified atom stereocenters. The summed E-state index contributed by atoms with van der Waals surface area (Å²) < 4.78 is 79.0. The molecule has 2 aromatic heterocycles. The van der Waals surface area contributed by atoms with Gasteiger partial charge < -0.3 is 93.7 Å². The van der Waals surface area contributed by atoms with Crippen LogP contribution in [0.5, 0.6) is 11.5 Å². The molecule has 3 amide bonds. The van der Waals surface area contributed by atoms with Crippen LogP contribution in [0.15, 0.2) is 130 Å². The molecule has 4 fully saturated rings. The fourth-order valence-electron chi connectivity index (χ4n) is 13.0. The number of aromatic carboxylic acids is 1. The summed E-state index contributed by atoms with van der Waals surface area (Å²) in [6.07, 6.45) is -5.95. The Morgan fingerprint density at radius 3 is 1.23 bits per heavy atom. The van der Waals surface area contributed by atoms with E-state index in [4.69, 9.17) is 105 Å². The van der Waals surface area contributed by atoms with E-state index in [1.165, 1.54) is 7.11 Å². The number of carbonyl (C=O) groups excluding carboxylic acids is 6. The molecule has 6 heterocycles. The average molecular weight is 2090 g/mol. The molecule has 12 rings (SSSR count). The number of methoxy groups -OCH3 is 2. The Balaban J connectivity index is 0.000000247. The van der Waals surface area contributed by atoms with Crippen molar-refractivity contribution in [2.24, 2.45) is 4.30 Å². The van der Waals surface area contributed by atoms with Gasteiger partial charge in [0, 0.05) is 141 Å². The van der Waals surface area contributed by atoms with Crippen molar-refractivity contribution < 1.29 is 89.3 Å². The number of benzene rings is 6. The molecule has 4 aliphatic heterocycles. The summed E-state index contributed by atoms with van der Waals surface area (Å²) in [7, 11) is 7.45. The number of ether oxygens (including phenoxy) is 6. The maximum absolute atomic E-state index is 13.4. The Morgan fingerprint density at radius 2 is 0.853 bits per heavy atom. The van der Waals surface area contributed by atoms with Gasteiger partial charge in [-0.3, -0.25) is 19.2 Å².